The van der Waals surface area contributed by atoms with Crippen molar-refractivity contribution in [3.05, 3.63) is 29.8 Å². The lowest BCUT2D eigenvalue weighted by atomic mass is 10.0. The van der Waals surface area contributed by atoms with Crippen LogP contribution in [0.25, 0.3) is 0 Å². The van der Waals surface area contributed by atoms with Gasteiger partial charge in [0.1, 0.15) is 5.75 Å². The van der Waals surface area contributed by atoms with Crippen LogP contribution >= 0.6 is 0 Å². The Hall–Kier alpha value is -2.28. The maximum absolute atomic E-state index is 11.7. The van der Waals surface area contributed by atoms with Crippen LogP contribution in [0.4, 0.5) is 0 Å². The molecule has 0 spiro atoms. The van der Waals surface area contributed by atoms with Gasteiger partial charge in [0.2, 0.25) is 5.91 Å². The molecule has 1 saturated heterocycles. The number of hydrogen-bond acceptors (Lipinski definition) is 4. The number of ether oxygens (including phenoxy) is 1. The van der Waals surface area contributed by atoms with Crippen molar-refractivity contribution in [2.75, 3.05) is 46.9 Å². The molecule has 154 valence electrons. The number of carbonyl (C=O) groups excluding carboxylic acids is 1. The highest BCUT2D eigenvalue weighted by Gasteiger charge is 2.29. The van der Waals surface area contributed by atoms with Gasteiger partial charge in [-0.05, 0) is 44.8 Å². The first-order valence-corrected chi connectivity index (χ1v) is 10.3. The van der Waals surface area contributed by atoms with Crippen LogP contribution in [-0.2, 0) is 4.79 Å². The monoisotopic (exact) mass is 387 g/mol. The summed E-state index contributed by atoms with van der Waals surface area (Å²) in [5.74, 6) is 2.10. The molecule has 0 radical (unpaired) electrons. The van der Waals surface area contributed by atoms with Crippen molar-refractivity contribution >= 4 is 11.9 Å². The number of rotatable bonds is 9. The molecule has 1 amide bonds. The number of nitrogens with one attached hydrogen (secondary N) is 3. The molecule has 0 aromatic heterocycles. The van der Waals surface area contributed by atoms with Crippen LogP contribution in [0.5, 0.6) is 5.75 Å². The number of amides is 1. The standard InChI is InChI=1S/C21H33N5O2/c1-22-21(24-12-11-23-20(27)16-9-10-16)25-15-18(26-13-5-6-14-26)17-7-3-4-8-19(17)28-2/h3-4,7-8,16,18H,5-6,9-15H2,1-2H3,(H,23,27)(H2,22,24,25). The van der Waals surface area contributed by atoms with Crippen molar-refractivity contribution < 1.29 is 9.53 Å². The van der Waals surface area contributed by atoms with Crippen molar-refractivity contribution in [1.82, 2.24) is 20.9 Å². The molecule has 1 unspecified atom stereocenters. The molecular weight excluding hydrogens is 354 g/mol. The molecule has 3 rings (SSSR count). The Kier molecular flexibility index (Phi) is 7.54. The van der Waals surface area contributed by atoms with Crippen molar-refractivity contribution in [1.29, 1.82) is 0 Å². The van der Waals surface area contributed by atoms with E-state index in [-0.39, 0.29) is 17.9 Å². The van der Waals surface area contributed by atoms with Crippen molar-refractivity contribution in [2.45, 2.75) is 31.7 Å². The van der Waals surface area contributed by atoms with Gasteiger partial charge in [-0.15, -0.1) is 0 Å². The maximum Gasteiger partial charge on any atom is 0.223 e. The molecule has 1 aromatic carbocycles. The summed E-state index contributed by atoms with van der Waals surface area (Å²) in [7, 11) is 3.50. The number of hydrogen-bond donors (Lipinski definition) is 3. The number of aliphatic imine (C=N–C) groups is 1. The molecule has 1 aromatic rings. The zero-order chi connectivity index (χ0) is 19.8. The van der Waals surface area contributed by atoms with E-state index in [1.807, 2.05) is 12.1 Å². The van der Waals surface area contributed by atoms with Gasteiger partial charge in [-0.1, -0.05) is 18.2 Å². The fourth-order valence-electron chi connectivity index (χ4n) is 3.70. The minimum absolute atomic E-state index is 0.176. The zero-order valence-corrected chi connectivity index (χ0v) is 17.0. The largest absolute Gasteiger partial charge is 0.496 e. The number of nitrogens with zero attached hydrogens (tertiary/aromatic N) is 2. The van der Waals surface area contributed by atoms with Crippen molar-refractivity contribution in [2.24, 2.45) is 10.9 Å². The van der Waals surface area contributed by atoms with E-state index in [9.17, 15) is 4.79 Å². The summed E-state index contributed by atoms with van der Waals surface area (Å²) in [6.07, 6.45) is 4.53. The lowest BCUT2D eigenvalue weighted by Gasteiger charge is -2.30. The minimum atomic E-state index is 0.176. The molecule has 7 nitrogen and oxygen atoms in total. The van der Waals surface area contributed by atoms with Gasteiger partial charge in [0, 0.05) is 38.2 Å². The molecule has 28 heavy (non-hydrogen) atoms. The summed E-state index contributed by atoms with van der Waals surface area (Å²) < 4.78 is 5.60. The highest BCUT2D eigenvalue weighted by atomic mass is 16.5. The second-order valence-electron chi connectivity index (χ2n) is 7.45. The highest BCUT2D eigenvalue weighted by molar-refractivity contribution is 5.81. The van der Waals surface area contributed by atoms with Crippen LogP contribution in [0.1, 0.15) is 37.3 Å². The molecule has 1 atom stereocenters. The maximum atomic E-state index is 11.7. The number of guanidine groups is 1. The second kappa shape index (κ2) is 10.3. The third-order valence-electron chi connectivity index (χ3n) is 5.43. The van der Waals surface area contributed by atoms with Gasteiger partial charge in [-0.25, -0.2) is 0 Å². The molecule has 1 aliphatic heterocycles. The Labute approximate surface area is 167 Å². The quantitative estimate of drug-likeness (QED) is 0.340. The number of likely N-dealkylation sites (tertiary alicyclic amines) is 1. The molecule has 7 heteroatoms. The summed E-state index contributed by atoms with van der Waals surface area (Å²) >= 11 is 0. The number of methoxy groups -OCH3 is 1. The fourth-order valence-corrected chi connectivity index (χ4v) is 3.70. The van der Waals surface area contributed by atoms with E-state index in [4.69, 9.17) is 4.74 Å². The van der Waals surface area contributed by atoms with E-state index < -0.39 is 0 Å². The summed E-state index contributed by atoms with van der Waals surface area (Å²) in [6, 6.07) is 8.47. The molecule has 2 aliphatic rings. The first kappa shape index (κ1) is 20.5. The Morgan fingerprint density at radius 1 is 1.18 bits per heavy atom. The van der Waals surface area contributed by atoms with E-state index in [0.29, 0.717) is 13.1 Å². The number of para-hydroxylation sites is 1. The predicted molar refractivity (Wildman–Crippen MR) is 112 cm³/mol. The van der Waals surface area contributed by atoms with Crippen LogP contribution in [-0.4, -0.2) is 63.6 Å². The summed E-state index contributed by atoms with van der Waals surface area (Å²) in [4.78, 5) is 18.5. The summed E-state index contributed by atoms with van der Waals surface area (Å²) in [5.41, 5.74) is 1.20. The second-order valence-corrected chi connectivity index (χ2v) is 7.45. The fraction of sp³-hybridized carbons (Fsp3) is 0.619. The van der Waals surface area contributed by atoms with Gasteiger partial charge in [-0.2, -0.15) is 0 Å². The van der Waals surface area contributed by atoms with E-state index in [1.165, 1.54) is 18.4 Å². The Balaban J connectivity index is 1.53. The van der Waals surface area contributed by atoms with Crippen LogP contribution in [0, 0.1) is 5.92 Å². The normalized spacial score (nSPS) is 18.6. The van der Waals surface area contributed by atoms with Crippen molar-refractivity contribution in [3.8, 4) is 5.75 Å². The van der Waals surface area contributed by atoms with Crippen LogP contribution in [0.3, 0.4) is 0 Å². The SMILES string of the molecule is CN=C(NCCNC(=O)C1CC1)NCC(c1ccccc1OC)N1CCCC1. The lowest BCUT2D eigenvalue weighted by molar-refractivity contribution is -0.122. The smallest absolute Gasteiger partial charge is 0.223 e. The van der Waals surface area contributed by atoms with Crippen LogP contribution < -0.4 is 20.7 Å². The van der Waals surface area contributed by atoms with Gasteiger partial charge in [0.05, 0.1) is 13.2 Å². The van der Waals surface area contributed by atoms with E-state index in [0.717, 1.165) is 44.2 Å². The Morgan fingerprint density at radius 3 is 2.57 bits per heavy atom. The predicted octanol–water partition coefficient (Wildman–Crippen LogP) is 1.52. The average molecular weight is 388 g/mol. The van der Waals surface area contributed by atoms with Crippen molar-refractivity contribution in [3.63, 3.8) is 0 Å². The third kappa shape index (κ3) is 5.61. The van der Waals surface area contributed by atoms with Gasteiger partial charge in [0.15, 0.2) is 5.96 Å². The number of carbonyl (C=O) groups is 1. The third-order valence-corrected chi connectivity index (χ3v) is 5.43. The summed E-state index contributed by atoms with van der Waals surface area (Å²) in [5, 5.41) is 9.70. The van der Waals surface area contributed by atoms with Gasteiger partial charge >= 0.3 is 0 Å². The number of benzene rings is 1. The molecule has 1 heterocycles. The Morgan fingerprint density at radius 2 is 1.89 bits per heavy atom. The molecular formula is C21H33N5O2. The molecule has 1 aliphatic carbocycles. The first-order valence-electron chi connectivity index (χ1n) is 10.3. The van der Waals surface area contributed by atoms with E-state index in [2.05, 4.69) is 38.0 Å². The zero-order valence-electron chi connectivity index (χ0n) is 17.0. The van der Waals surface area contributed by atoms with Gasteiger partial charge in [-0.3, -0.25) is 14.7 Å². The molecule has 2 fully saturated rings. The van der Waals surface area contributed by atoms with Gasteiger partial charge in [0.25, 0.3) is 0 Å². The Bertz CT molecular complexity index is 669. The topological polar surface area (TPSA) is 78.0 Å². The molecule has 3 N–H and O–H groups in total. The van der Waals surface area contributed by atoms with Crippen LogP contribution in [0.2, 0.25) is 0 Å². The highest BCUT2D eigenvalue weighted by Crippen LogP contribution is 2.31. The molecule has 0 bridgehead atoms. The minimum Gasteiger partial charge on any atom is -0.496 e. The lowest BCUT2D eigenvalue weighted by Crippen LogP contribution is -2.45. The van der Waals surface area contributed by atoms with Gasteiger partial charge < -0.3 is 20.7 Å². The first-order chi connectivity index (χ1) is 13.7. The summed E-state index contributed by atoms with van der Waals surface area (Å²) in [6.45, 7) is 4.21. The van der Waals surface area contributed by atoms with Crippen LogP contribution in [0.15, 0.2) is 29.3 Å². The molecule has 1 saturated carbocycles. The van der Waals surface area contributed by atoms with E-state index in [1.54, 1.807) is 14.2 Å². The average Bonchev–Trinajstić information content (AvgIpc) is 3.45. The van der Waals surface area contributed by atoms with E-state index >= 15 is 0 Å².